The van der Waals surface area contributed by atoms with Crippen molar-refractivity contribution in [2.45, 2.75) is 31.8 Å². The van der Waals surface area contributed by atoms with Gasteiger partial charge in [0.05, 0.1) is 13.2 Å². The van der Waals surface area contributed by atoms with E-state index >= 15 is 0 Å². The third-order valence-electron chi connectivity index (χ3n) is 3.53. The second-order valence-electron chi connectivity index (χ2n) is 5.57. The first kappa shape index (κ1) is 15.8. The Morgan fingerprint density at radius 2 is 2.19 bits per heavy atom. The third-order valence-corrected chi connectivity index (χ3v) is 3.53. The van der Waals surface area contributed by atoms with Crippen LogP contribution in [0.25, 0.3) is 0 Å². The van der Waals surface area contributed by atoms with Gasteiger partial charge in [0.2, 0.25) is 5.91 Å². The molecule has 1 aromatic carbocycles. The molecule has 1 amide bonds. The number of rotatable bonds is 7. The summed E-state index contributed by atoms with van der Waals surface area (Å²) in [5.41, 5.74) is 0.296. The molecule has 1 aliphatic heterocycles. The molecule has 21 heavy (non-hydrogen) atoms. The number of nitrogens with one attached hydrogen (secondary N) is 1. The van der Waals surface area contributed by atoms with E-state index in [2.05, 4.69) is 5.32 Å². The molecule has 1 aromatic rings. The van der Waals surface area contributed by atoms with E-state index < -0.39 is 5.60 Å². The standard InChI is InChI=1S/C16H23NO4/c1-13-4-6-14(7-5-13)21-9-2-3-15(18)17-11-16(19)8-10-20-12-16/h4-7,19H,2-3,8-12H2,1H3,(H,17,18). The van der Waals surface area contributed by atoms with E-state index in [0.29, 0.717) is 39.1 Å². The molecule has 1 heterocycles. The molecule has 0 bridgehead atoms. The number of benzene rings is 1. The summed E-state index contributed by atoms with van der Waals surface area (Å²) in [6, 6.07) is 7.83. The van der Waals surface area contributed by atoms with Crippen LogP contribution in [-0.4, -0.2) is 43.0 Å². The molecule has 2 rings (SSSR count). The zero-order valence-electron chi connectivity index (χ0n) is 12.4. The van der Waals surface area contributed by atoms with Crippen LogP contribution in [0.15, 0.2) is 24.3 Å². The Hall–Kier alpha value is -1.59. The number of hydrogen-bond donors (Lipinski definition) is 2. The molecule has 0 aliphatic carbocycles. The van der Waals surface area contributed by atoms with E-state index in [4.69, 9.17) is 9.47 Å². The van der Waals surface area contributed by atoms with Gasteiger partial charge in [-0.2, -0.15) is 0 Å². The maximum Gasteiger partial charge on any atom is 0.220 e. The molecule has 2 N–H and O–H groups in total. The van der Waals surface area contributed by atoms with Crippen LogP contribution in [0.4, 0.5) is 0 Å². The number of amides is 1. The van der Waals surface area contributed by atoms with Gasteiger partial charge in [-0.15, -0.1) is 0 Å². The Kier molecular flexibility index (Phi) is 5.59. The minimum atomic E-state index is -0.895. The van der Waals surface area contributed by atoms with Gasteiger partial charge in [0.15, 0.2) is 0 Å². The zero-order chi connectivity index (χ0) is 15.1. The predicted molar refractivity (Wildman–Crippen MR) is 79.3 cm³/mol. The third kappa shape index (κ3) is 5.36. The van der Waals surface area contributed by atoms with Crippen LogP contribution in [0, 0.1) is 6.92 Å². The van der Waals surface area contributed by atoms with Gasteiger partial charge in [0.1, 0.15) is 11.4 Å². The molecule has 5 heteroatoms. The van der Waals surface area contributed by atoms with Crippen LogP contribution in [-0.2, 0) is 9.53 Å². The lowest BCUT2D eigenvalue weighted by Gasteiger charge is -2.20. The minimum absolute atomic E-state index is 0.0668. The fourth-order valence-corrected chi connectivity index (χ4v) is 2.14. The second-order valence-corrected chi connectivity index (χ2v) is 5.57. The van der Waals surface area contributed by atoms with E-state index in [9.17, 15) is 9.90 Å². The van der Waals surface area contributed by atoms with Crippen LogP contribution in [0.3, 0.4) is 0 Å². The molecule has 1 saturated heterocycles. The molecular weight excluding hydrogens is 270 g/mol. The monoisotopic (exact) mass is 293 g/mol. The Morgan fingerprint density at radius 1 is 1.43 bits per heavy atom. The van der Waals surface area contributed by atoms with E-state index in [1.165, 1.54) is 5.56 Å². The molecule has 116 valence electrons. The number of hydrogen-bond acceptors (Lipinski definition) is 4. The first-order valence-electron chi connectivity index (χ1n) is 7.34. The fourth-order valence-electron chi connectivity index (χ4n) is 2.14. The summed E-state index contributed by atoms with van der Waals surface area (Å²) in [5.74, 6) is 0.751. The molecule has 5 nitrogen and oxygen atoms in total. The van der Waals surface area contributed by atoms with E-state index in [-0.39, 0.29) is 12.5 Å². The molecule has 0 radical (unpaired) electrons. The van der Waals surface area contributed by atoms with Gasteiger partial charge in [-0.1, -0.05) is 17.7 Å². The zero-order valence-corrected chi connectivity index (χ0v) is 12.4. The van der Waals surface area contributed by atoms with E-state index in [0.717, 1.165) is 5.75 Å². The van der Waals surface area contributed by atoms with Crippen LogP contribution in [0.2, 0.25) is 0 Å². The number of carbonyl (C=O) groups excluding carboxylic acids is 1. The second kappa shape index (κ2) is 7.43. The highest BCUT2D eigenvalue weighted by Crippen LogP contribution is 2.17. The van der Waals surface area contributed by atoms with E-state index in [1.54, 1.807) is 0 Å². The van der Waals surface area contributed by atoms with Gasteiger partial charge in [-0.25, -0.2) is 0 Å². The molecule has 1 aliphatic rings. The van der Waals surface area contributed by atoms with Gasteiger partial charge in [0, 0.05) is 26.0 Å². The predicted octanol–water partition coefficient (Wildman–Crippen LogP) is 1.42. The van der Waals surface area contributed by atoms with Crippen molar-refractivity contribution in [3.8, 4) is 5.75 Å². The lowest BCUT2D eigenvalue weighted by molar-refractivity contribution is -0.122. The highest BCUT2D eigenvalue weighted by atomic mass is 16.5. The SMILES string of the molecule is Cc1ccc(OCCCC(=O)NCC2(O)CCOC2)cc1. The Bertz CT molecular complexity index is 452. The van der Waals surface area contributed by atoms with Crippen molar-refractivity contribution in [1.82, 2.24) is 5.32 Å². The summed E-state index contributed by atoms with van der Waals surface area (Å²) >= 11 is 0. The highest BCUT2D eigenvalue weighted by Gasteiger charge is 2.32. The summed E-state index contributed by atoms with van der Waals surface area (Å²) in [6.07, 6.45) is 1.61. The summed E-state index contributed by atoms with van der Waals surface area (Å²) in [5, 5.41) is 12.8. The molecule has 1 fully saturated rings. The van der Waals surface area contributed by atoms with Crippen molar-refractivity contribution in [2.75, 3.05) is 26.4 Å². The van der Waals surface area contributed by atoms with Crippen LogP contribution in [0.1, 0.15) is 24.8 Å². The molecule has 0 saturated carbocycles. The van der Waals surface area contributed by atoms with Gasteiger partial charge in [0.25, 0.3) is 0 Å². The lowest BCUT2D eigenvalue weighted by atomic mass is 10.0. The molecule has 1 atom stereocenters. The summed E-state index contributed by atoms with van der Waals surface area (Å²) in [7, 11) is 0. The molecule has 1 unspecified atom stereocenters. The maximum atomic E-state index is 11.7. The highest BCUT2D eigenvalue weighted by molar-refractivity contribution is 5.75. The van der Waals surface area contributed by atoms with Gasteiger partial charge < -0.3 is 19.9 Å². The first-order chi connectivity index (χ1) is 10.1. The Labute approximate surface area is 125 Å². The fraction of sp³-hybridized carbons (Fsp3) is 0.562. The summed E-state index contributed by atoms with van der Waals surface area (Å²) in [6.45, 7) is 3.63. The van der Waals surface area contributed by atoms with Crippen molar-refractivity contribution in [1.29, 1.82) is 0 Å². The molecular formula is C16H23NO4. The lowest BCUT2D eigenvalue weighted by Crippen LogP contribution is -2.43. The van der Waals surface area contributed by atoms with Gasteiger partial charge in [-0.3, -0.25) is 4.79 Å². The number of ether oxygens (including phenoxy) is 2. The average Bonchev–Trinajstić information content (AvgIpc) is 2.91. The van der Waals surface area contributed by atoms with Gasteiger partial charge >= 0.3 is 0 Å². The van der Waals surface area contributed by atoms with Crippen LogP contribution < -0.4 is 10.1 Å². The summed E-state index contributed by atoms with van der Waals surface area (Å²) in [4.78, 5) is 11.7. The molecule has 0 spiro atoms. The van der Waals surface area contributed by atoms with E-state index in [1.807, 2.05) is 31.2 Å². The first-order valence-corrected chi connectivity index (χ1v) is 7.34. The summed E-state index contributed by atoms with van der Waals surface area (Å²) < 4.78 is 10.7. The topological polar surface area (TPSA) is 67.8 Å². The largest absolute Gasteiger partial charge is 0.494 e. The van der Waals surface area contributed by atoms with Crippen molar-refractivity contribution < 1.29 is 19.4 Å². The average molecular weight is 293 g/mol. The maximum absolute atomic E-state index is 11.7. The normalized spacial score (nSPS) is 21.2. The number of aliphatic hydroxyl groups is 1. The van der Waals surface area contributed by atoms with Crippen LogP contribution >= 0.6 is 0 Å². The number of aryl methyl sites for hydroxylation is 1. The smallest absolute Gasteiger partial charge is 0.220 e. The van der Waals surface area contributed by atoms with Crippen molar-refractivity contribution in [3.05, 3.63) is 29.8 Å². The van der Waals surface area contributed by atoms with Crippen LogP contribution in [0.5, 0.6) is 5.75 Å². The van der Waals surface area contributed by atoms with Gasteiger partial charge in [-0.05, 0) is 25.5 Å². The molecule has 0 aromatic heterocycles. The van der Waals surface area contributed by atoms with Crippen molar-refractivity contribution in [2.24, 2.45) is 0 Å². The Morgan fingerprint density at radius 3 is 2.86 bits per heavy atom. The quantitative estimate of drug-likeness (QED) is 0.746. The van der Waals surface area contributed by atoms with Crippen molar-refractivity contribution in [3.63, 3.8) is 0 Å². The minimum Gasteiger partial charge on any atom is -0.494 e. The Balaban J connectivity index is 1.57. The number of carbonyl (C=O) groups is 1. The van der Waals surface area contributed by atoms with Crippen molar-refractivity contribution >= 4 is 5.91 Å².